The summed E-state index contributed by atoms with van der Waals surface area (Å²) in [7, 11) is 0. The van der Waals surface area contributed by atoms with Crippen molar-refractivity contribution in [3.8, 4) is 23.0 Å². The van der Waals surface area contributed by atoms with Crippen LogP contribution in [-0.2, 0) is 13.2 Å². The molecule has 7 heteroatoms. The number of benzene rings is 2. The minimum Gasteiger partial charge on any atom is -0.472 e. The second-order valence-electron chi connectivity index (χ2n) is 6.90. The van der Waals surface area contributed by atoms with E-state index in [9.17, 15) is 0 Å². The molecule has 0 atom stereocenters. The topological polar surface area (TPSA) is 74.4 Å². The molecule has 7 nitrogen and oxygen atoms in total. The van der Waals surface area contributed by atoms with Gasteiger partial charge in [0.25, 0.3) is 0 Å². The van der Waals surface area contributed by atoms with Crippen molar-refractivity contribution in [2.45, 2.75) is 13.2 Å². The number of rotatable bonds is 7. The third-order valence-electron chi connectivity index (χ3n) is 4.75. The molecule has 0 aliphatic heterocycles. The molecule has 0 aliphatic rings. The molecule has 31 heavy (non-hydrogen) atoms. The molecule has 0 N–H and O–H groups in total. The van der Waals surface area contributed by atoms with E-state index in [-0.39, 0.29) is 6.01 Å². The summed E-state index contributed by atoms with van der Waals surface area (Å²) in [5.41, 5.74) is 4.47. The lowest BCUT2D eigenvalue weighted by Gasteiger charge is -2.12. The molecule has 0 unspecified atom stereocenters. The van der Waals surface area contributed by atoms with E-state index in [1.807, 2.05) is 79.0 Å². The van der Waals surface area contributed by atoms with E-state index in [1.165, 1.54) is 6.33 Å². The number of hydrogen-bond donors (Lipinski definition) is 0. The quantitative estimate of drug-likeness (QED) is 0.398. The van der Waals surface area contributed by atoms with E-state index in [0.717, 1.165) is 27.9 Å². The molecule has 0 bridgehead atoms. The average molecular weight is 409 g/mol. The van der Waals surface area contributed by atoms with Gasteiger partial charge in [0, 0.05) is 12.4 Å². The Labute approximate surface area is 179 Å². The molecule has 0 spiro atoms. The first kappa shape index (κ1) is 18.7. The Hall–Kier alpha value is -4.26. The molecular formula is C24H19N5O2. The van der Waals surface area contributed by atoms with Crippen LogP contribution < -0.4 is 9.47 Å². The third-order valence-corrected chi connectivity index (χ3v) is 4.75. The number of hydrogen-bond acceptors (Lipinski definition) is 6. The molecule has 2 aromatic carbocycles. The van der Waals surface area contributed by atoms with Gasteiger partial charge in [-0.1, -0.05) is 60.7 Å². The van der Waals surface area contributed by atoms with Crippen LogP contribution in [0.2, 0.25) is 0 Å². The van der Waals surface area contributed by atoms with E-state index in [1.54, 1.807) is 10.7 Å². The molecule has 3 aromatic heterocycles. The summed E-state index contributed by atoms with van der Waals surface area (Å²) in [4.78, 5) is 13.2. The fraction of sp³-hybridized carbons (Fsp3) is 0.0833. The summed E-state index contributed by atoms with van der Waals surface area (Å²) in [6.07, 6.45) is 5.08. The Balaban J connectivity index is 1.45. The predicted molar refractivity (Wildman–Crippen MR) is 116 cm³/mol. The summed E-state index contributed by atoms with van der Waals surface area (Å²) in [6, 6.07) is 24.0. The SMILES string of the molecule is c1ccc(COc2ncc(-c3ccn4ncnc4c3)c(OCc3ccccc3)n2)cc1. The number of ether oxygens (including phenoxy) is 2. The van der Waals surface area contributed by atoms with Gasteiger partial charge in [-0.25, -0.2) is 14.5 Å². The Morgan fingerprint density at radius 3 is 2.23 bits per heavy atom. The average Bonchev–Trinajstić information content (AvgIpc) is 3.31. The lowest BCUT2D eigenvalue weighted by molar-refractivity contribution is 0.259. The highest BCUT2D eigenvalue weighted by Gasteiger charge is 2.13. The van der Waals surface area contributed by atoms with Gasteiger partial charge >= 0.3 is 6.01 Å². The van der Waals surface area contributed by atoms with Crippen LogP contribution in [0.4, 0.5) is 0 Å². The maximum atomic E-state index is 6.09. The second kappa shape index (κ2) is 8.62. The lowest BCUT2D eigenvalue weighted by atomic mass is 10.1. The molecule has 0 aliphatic carbocycles. The maximum absolute atomic E-state index is 6.09. The van der Waals surface area contributed by atoms with Crippen molar-refractivity contribution in [3.63, 3.8) is 0 Å². The van der Waals surface area contributed by atoms with Gasteiger partial charge in [0.1, 0.15) is 19.5 Å². The Kier molecular flexibility index (Phi) is 5.22. The van der Waals surface area contributed by atoms with Gasteiger partial charge in [0.05, 0.1) is 5.56 Å². The molecule has 5 aromatic rings. The third kappa shape index (κ3) is 4.35. The van der Waals surface area contributed by atoms with Crippen LogP contribution >= 0.6 is 0 Å². The molecule has 152 valence electrons. The van der Waals surface area contributed by atoms with Gasteiger partial charge in [0.15, 0.2) is 5.65 Å². The summed E-state index contributed by atoms with van der Waals surface area (Å²) in [6.45, 7) is 0.764. The Bertz CT molecular complexity index is 1290. The van der Waals surface area contributed by atoms with Crippen molar-refractivity contribution in [2.24, 2.45) is 0 Å². The minimum atomic E-state index is 0.263. The van der Waals surface area contributed by atoms with E-state index < -0.39 is 0 Å². The smallest absolute Gasteiger partial charge is 0.320 e. The Morgan fingerprint density at radius 2 is 1.48 bits per heavy atom. The number of fused-ring (bicyclic) bond motifs is 1. The van der Waals surface area contributed by atoms with Crippen LogP contribution in [0.15, 0.2) is 91.5 Å². The molecular weight excluding hydrogens is 390 g/mol. The van der Waals surface area contributed by atoms with Crippen molar-refractivity contribution in [3.05, 3.63) is 103 Å². The zero-order chi connectivity index (χ0) is 20.9. The number of aromatic nitrogens is 5. The molecule has 0 saturated carbocycles. The highest BCUT2D eigenvalue weighted by atomic mass is 16.5. The van der Waals surface area contributed by atoms with E-state index in [2.05, 4.69) is 20.1 Å². The van der Waals surface area contributed by atoms with E-state index in [0.29, 0.717) is 19.1 Å². The van der Waals surface area contributed by atoms with E-state index in [4.69, 9.17) is 9.47 Å². The summed E-state index contributed by atoms with van der Waals surface area (Å²) >= 11 is 0. The molecule has 0 fully saturated rings. The van der Waals surface area contributed by atoms with Gasteiger partial charge in [-0.3, -0.25) is 0 Å². The van der Waals surface area contributed by atoms with Crippen LogP contribution in [0, 0.1) is 0 Å². The molecule has 0 amide bonds. The summed E-state index contributed by atoms with van der Waals surface area (Å²) < 4.78 is 13.6. The Morgan fingerprint density at radius 1 is 0.774 bits per heavy atom. The maximum Gasteiger partial charge on any atom is 0.320 e. The fourth-order valence-electron chi connectivity index (χ4n) is 3.16. The number of pyridine rings is 1. The number of nitrogens with zero attached hydrogens (tertiary/aromatic N) is 5. The first-order valence-electron chi connectivity index (χ1n) is 9.85. The molecule has 0 radical (unpaired) electrons. The normalized spacial score (nSPS) is 10.8. The zero-order valence-electron chi connectivity index (χ0n) is 16.6. The van der Waals surface area contributed by atoms with Crippen LogP contribution in [-0.4, -0.2) is 24.6 Å². The van der Waals surface area contributed by atoms with Gasteiger partial charge < -0.3 is 9.47 Å². The van der Waals surface area contributed by atoms with Crippen LogP contribution in [0.3, 0.4) is 0 Å². The van der Waals surface area contributed by atoms with Gasteiger partial charge in [-0.2, -0.15) is 10.1 Å². The van der Waals surface area contributed by atoms with Gasteiger partial charge in [0.2, 0.25) is 5.88 Å². The fourth-order valence-corrected chi connectivity index (χ4v) is 3.16. The first-order chi connectivity index (χ1) is 15.3. The highest BCUT2D eigenvalue weighted by Crippen LogP contribution is 2.30. The largest absolute Gasteiger partial charge is 0.472 e. The lowest BCUT2D eigenvalue weighted by Crippen LogP contribution is -2.04. The van der Waals surface area contributed by atoms with Crippen molar-refractivity contribution in [1.82, 2.24) is 24.6 Å². The van der Waals surface area contributed by atoms with Gasteiger partial charge in [-0.05, 0) is 28.8 Å². The van der Waals surface area contributed by atoms with Crippen molar-refractivity contribution >= 4 is 5.65 Å². The van der Waals surface area contributed by atoms with Crippen molar-refractivity contribution < 1.29 is 9.47 Å². The first-order valence-corrected chi connectivity index (χ1v) is 9.85. The van der Waals surface area contributed by atoms with E-state index >= 15 is 0 Å². The van der Waals surface area contributed by atoms with Gasteiger partial charge in [-0.15, -0.1) is 0 Å². The van der Waals surface area contributed by atoms with Crippen LogP contribution in [0.5, 0.6) is 11.9 Å². The van der Waals surface area contributed by atoms with Crippen molar-refractivity contribution in [2.75, 3.05) is 0 Å². The van der Waals surface area contributed by atoms with Crippen LogP contribution in [0.25, 0.3) is 16.8 Å². The monoisotopic (exact) mass is 409 g/mol. The summed E-state index contributed by atoms with van der Waals surface area (Å²) in [5, 5.41) is 4.14. The molecule has 0 saturated heterocycles. The molecule has 3 heterocycles. The van der Waals surface area contributed by atoms with Crippen molar-refractivity contribution in [1.29, 1.82) is 0 Å². The minimum absolute atomic E-state index is 0.263. The second-order valence-corrected chi connectivity index (χ2v) is 6.90. The highest BCUT2D eigenvalue weighted by molar-refractivity contribution is 5.70. The standard InChI is InChI=1S/C24H19N5O2/c1-3-7-18(8-4-1)15-30-23-21(20-11-12-29-22(13-20)26-17-27-29)14-25-24(28-23)31-16-19-9-5-2-6-10-19/h1-14,17H,15-16H2. The predicted octanol–water partition coefficient (Wildman–Crippen LogP) is 4.34. The summed E-state index contributed by atoms with van der Waals surface area (Å²) in [5.74, 6) is 0.450. The van der Waals surface area contributed by atoms with Crippen LogP contribution in [0.1, 0.15) is 11.1 Å². The zero-order valence-corrected chi connectivity index (χ0v) is 16.6. The molecule has 5 rings (SSSR count).